The number of methoxy groups -OCH3 is 1. The number of hydrogen-bond acceptors (Lipinski definition) is 5. The SMILES string of the molecule is COc1ccc(-c2nc(CC(=O)O)cs2)c(OCc2ccccc2C)c1. The van der Waals surface area contributed by atoms with Crippen molar-refractivity contribution in [3.63, 3.8) is 0 Å². The van der Waals surface area contributed by atoms with E-state index in [1.807, 2.05) is 49.4 Å². The molecule has 0 saturated carbocycles. The molecule has 0 radical (unpaired) electrons. The summed E-state index contributed by atoms with van der Waals surface area (Å²) in [4.78, 5) is 15.3. The Balaban J connectivity index is 1.89. The van der Waals surface area contributed by atoms with Gasteiger partial charge in [0, 0.05) is 11.4 Å². The fraction of sp³-hybridized carbons (Fsp3) is 0.200. The second-order valence-electron chi connectivity index (χ2n) is 5.79. The van der Waals surface area contributed by atoms with Crippen LogP contribution in [0.25, 0.3) is 10.6 Å². The van der Waals surface area contributed by atoms with Gasteiger partial charge < -0.3 is 14.6 Å². The van der Waals surface area contributed by atoms with Gasteiger partial charge in [0.05, 0.1) is 24.8 Å². The molecule has 0 aliphatic rings. The van der Waals surface area contributed by atoms with Gasteiger partial charge in [0.25, 0.3) is 0 Å². The Morgan fingerprint density at radius 2 is 2.04 bits per heavy atom. The van der Waals surface area contributed by atoms with Crippen LogP contribution in [0.4, 0.5) is 0 Å². The fourth-order valence-electron chi connectivity index (χ4n) is 2.52. The van der Waals surface area contributed by atoms with Crippen molar-refractivity contribution in [1.82, 2.24) is 4.98 Å². The zero-order valence-corrected chi connectivity index (χ0v) is 15.4. The number of aliphatic carboxylic acids is 1. The summed E-state index contributed by atoms with van der Waals surface area (Å²) in [6, 6.07) is 13.6. The van der Waals surface area contributed by atoms with Crippen LogP contribution in [0.1, 0.15) is 16.8 Å². The van der Waals surface area contributed by atoms with E-state index in [1.54, 1.807) is 12.5 Å². The molecule has 0 aliphatic carbocycles. The smallest absolute Gasteiger partial charge is 0.309 e. The summed E-state index contributed by atoms with van der Waals surface area (Å²) in [7, 11) is 1.61. The summed E-state index contributed by atoms with van der Waals surface area (Å²) >= 11 is 1.40. The van der Waals surface area contributed by atoms with E-state index in [1.165, 1.54) is 11.3 Å². The Bertz CT molecular complexity index is 920. The minimum absolute atomic E-state index is 0.0912. The average molecular weight is 369 g/mol. The van der Waals surface area contributed by atoms with Crippen molar-refractivity contribution in [2.75, 3.05) is 7.11 Å². The highest BCUT2D eigenvalue weighted by atomic mass is 32.1. The molecule has 0 amide bonds. The van der Waals surface area contributed by atoms with Crippen molar-refractivity contribution < 1.29 is 19.4 Å². The Kier molecular flexibility index (Phi) is 5.53. The molecule has 0 atom stereocenters. The van der Waals surface area contributed by atoms with Crippen LogP contribution in [0.3, 0.4) is 0 Å². The lowest BCUT2D eigenvalue weighted by Gasteiger charge is -2.13. The van der Waals surface area contributed by atoms with Crippen molar-refractivity contribution in [2.24, 2.45) is 0 Å². The van der Waals surface area contributed by atoms with Crippen LogP contribution in [-0.4, -0.2) is 23.2 Å². The molecule has 3 aromatic rings. The summed E-state index contributed by atoms with van der Waals surface area (Å²) in [5.74, 6) is 0.451. The molecule has 5 nitrogen and oxygen atoms in total. The van der Waals surface area contributed by atoms with Crippen molar-refractivity contribution in [3.05, 3.63) is 64.7 Å². The maximum absolute atomic E-state index is 10.9. The van der Waals surface area contributed by atoms with E-state index in [0.29, 0.717) is 23.8 Å². The number of benzene rings is 2. The normalized spacial score (nSPS) is 10.5. The van der Waals surface area contributed by atoms with Gasteiger partial charge in [0.15, 0.2) is 0 Å². The van der Waals surface area contributed by atoms with E-state index in [9.17, 15) is 4.79 Å². The van der Waals surface area contributed by atoms with E-state index >= 15 is 0 Å². The van der Waals surface area contributed by atoms with Crippen LogP contribution in [0.2, 0.25) is 0 Å². The predicted molar refractivity (Wildman–Crippen MR) is 101 cm³/mol. The summed E-state index contributed by atoms with van der Waals surface area (Å²) in [5.41, 5.74) is 3.63. The lowest BCUT2D eigenvalue weighted by Crippen LogP contribution is -2.01. The van der Waals surface area contributed by atoms with Crippen LogP contribution in [0.5, 0.6) is 11.5 Å². The van der Waals surface area contributed by atoms with Gasteiger partial charge in [-0.05, 0) is 30.2 Å². The zero-order valence-electron chi connectivity index (χ0n) is 14.6. The van der Waals surface area contributed by atoms with E-state index in [-0.39, 0.29) is 6.42 Å². The highest BCUT2D eigenvalue weighted by Crippen LogP contribution is 2.36. The predicted octanol–water partition coefficient (Wildman–Crippen LogP) is 4.33. The van der Waals surface area contributed by atoms with Gasteiger partial charge in [-0.2, -0.15) is 0 Å². The van der Waals surface area contributed by atoms with E-state index < -0.39 is 5.97 Å². The first kappa shape index (κ1) is 17.9. The number of nitrogens with zero attached hydrogens (tertiary/aromatic N) is 1. The van der Waals surface area contributed by atoms with Gasteiger partial charge in [-0.15, -0.1) is 11.3 Å². The van der Waals surface area contributed by atoms with Gasteiger partial charge in [0.1, 0.15) is 23.1 Å². The Morgan fingerprint density at radius 3 is 2.77 bits per heavy atom. The topological polar surface area (TPSA) is 68.7 Å². The lowest BCUT2D eigenvalue weighted by atomic mass is 10.1. The first-order valence-corrected chi connectivity index (χ1v) is 8.96. The molecule has 0 saturated heterocycles. The number of ether oxygens (including phenoxy) is 2. The number of aromatic nitrogens is 1. The van der Waals surface area contributed by atoms with Crippen LogP contribution in [0.15, 0.2) is 47.8 Å². The van der Waals surface area contributed by atoms with Gasteiger partial charge in [-0.1, -0.05) is 24.3 Å². The summed E-state index contributed by atoms with van der Waals surface area (Å²) < 4.78 is 11.4. The molecule has 2 aromatic carbocycles. The summed E-state index contributed by atoms with van der Waals surface area (Å²) in [6.45, 7) is 2.48. The van der Waals surface area contributed by atoms with Crippen LogP contribution in [0, 0.1) is 6.92 Å². The molecule has 0 spiro atoms. The van der Waals surface area contributed by atoms with Crippen LogP contribution in [-0.2, 0) is 17.8 Å². The third-order valence-electron chi connectivity index (χ3n) is 3.95. The molecule has 1 heterocycles. The number of carboxylic acid groups (broad SMARTS) is 1. The van der Waals surface area contributed by atoms with E-state index in [4.69, 9.17) is 14.6 Å². The number of carboxylic acids is 1. The molecule has 26 heavy (non-hydrogen) atoms. The largest absolute Gasteiger partial charge is 0.497 e. The first-order valence-electron chi connectivity index (χ1n) is 8.08. The quantitative estimate of drug-likeness (QED) is 0.671. The van der Waals surface area contributed by atoms with Gasteiger partial charge in [-0.25, -0.2) is 4.98 Å². The summed E-state index contributed by atoms with van der Waals surface area (Å²) in [5, 5.41) is 11.4. The van der Waals surface area contributed by atoms with Gasteiger partial charge in [-0.3, -0.25) is 4.79 Å². The summed E-state index contributed by atoms with van der Waals surface area (Å²) in [6.07, 6.45) is -0.0912. The van der Waals surface area contributed by atoms with E-state index in [0.717, 1.165) is 21.7 Å². The fourth-order valence-corrected chi connectivity index (χ4v) is 3.37. The molecule has 1 aromatic heterocycles. The molecule has 6 heteroatoms. The Hall–Kier alpha value is -2.86. The molecular weight excluding hydrogens is 350 g/mol. The minimum atomic E-state index is -0.896. The van der Waals surface area contributed by atoms with Crippen LogP contribution < -0.4 is 9.47 Å². The van der Waals surface area contributed by atoms with Crippen molar-refractivity contribution >= 4 is 17.3 Å². The third-order valence-corrected chi connectivity index (χ3v) is 4.87. The number of thiazole rings is 1. The molecule has 3 rings (SSSR count). The molecule has 0 bridgehead atoms. The van der Waals surface area contributed by atoms with E-state index in [2.05, 4.69) is 4.98 Å². The van der Waals surface area contributed by atoms with Crippen LogP contribution >= 0.6 is 11.3 Å². The van der Waals surface area contributed by atoms with Gasteiger partial charge in [0.2, 0.25) is 0 Å². The second kappa shape index (κ2) is 8.01. The molecule has 0 unspecified atom stereocenters. The number of rotatable bonds is 7. The molecule has 0 aliphatic heterocycles. The van der Waals surface area contributed by atoms with Crippen molar-refractivity contribution in [2.45, 2.75) is 20.0 Å². The molecule has 134 valence electrons. The Morgan fingerprint density at radius 1 is 1.23 bits per heavy atom. The average Bonchev–Trinajstić information content (AvgIpc) is 3.08. The lowest BCUT2D eigenvalue weighted by molar-refractivity contribution is -0.136. The minimum Gasteiger partial charge on any atom is -0.497 e. The zero-order chi connectivity index (χ0) is 18.5. The third kappa shape index (κ3) is 4.21. The Labute approximate surface area is 155 Å². The molecule has 1 N–H and O–H groups in total. The maximum atomic E-state index is 10.9. The molecule has 0 fully saturated rings. The number of carbonyl (C=O) groups is 1. The van der Waals surface area contributed by atoms with Gasteiger partial charge >= 0.3 is 5.97 Å². The standard InChI is InChI=1S/C20H19NO4S/c1-13-5-3-4-6-14(13)11-25-18-10-16(24-2)7-8-17(18)20-21-15(12-26-20)9-19(22)23/h3-8,10,12H,9,11H2,1-2H3,(H,22,23). The number of aryl methyl sites for hydroxylation is 1. The molecular formula is C20H19NO4S. The van der Waals surface area contributed by atoms with Crippen molar-refractivity contribution in [1.29, 1.82) is 0 Å². The maximum Gasteiger partial charge on any atom is 0.309 e. The number of hydrogen-bond donors (Lipinski definition) is 1. The highest BCUT2D eigenvalue weighted by Gasteiger charge is 2.14. The monoisotopic (exact) mass is 369 g/mol. The first-order chi connectivity index (χ1) is 12.6. The highest BCUT2D eigenvalue weighted by molar-refractivity contribution is 7.13. The second-order valence-corrected chi connectivity index (χ2v) is 6.65. The van der Waals surface area contributed by atoms with Crippen molar-refractivity contribution in [3.8, 4) is 22.1 Å².